The van der Waals surface area contributed by atoms with Crippen molar-refractivity contribution < 1.29 is 19.0 Å². The summed E-state index contributed by atoms with van der Waals surface area (Å²) in [5.41, 5.74) is 12.8. The molecule has 34 heavy (non-hydrogen) atoms. The molecule has 1 spiro atoms. The van der Waals surface area contributed by atoms with Gasteiger partial charge in [-0.15, -0.1) is 0 Å². The summed E-state index contributed by atoms with van der Waals surface area (Å²) in [6.45, 7) is 5.09. The van der Waals surface area contributed by atoms with Crippen molar-refractivity contribution >= 4 is 35.3 Å². The number of anilines is 3. The van der Waals surface area contributed by atoms with Gasteiger partial charge in [-0.1, -0.05) is 11.8 Å². The number of carbonyl (C=O) groups excluding carboxylic acids is 1. The molecule has 0 radical (unpaired) electrons. The largest absolute Gasteiger partial charge is 0.486 e. The summed E-state index contributed by atoms with van der Waals surface area (Å²) in [4.78, 5) is 30.2. The van der Waals surface area contributed by atoms with Crippen molar-refractivity contribution in [3.05, 3.63) is 18.5 Å². The van der Waals surface area contributed by atoms with Crippen LogP contribution < -0.4 is 26.0 Å². The molecule has 12 heteroatoms. The Morgan fingerprint density at radius 3 is 2.74 bits per heavy atom. The molecule has 6 heterocycles. The minimum absolute atomic E-state index is 0.0475. The average Bonchev–Trinajstić information content (AvgIpc) is 3.36. The minimum Gasteiger partial charge on any atom is -0.486 e. The third-order valence-corrected chi connectivity index (χ3v) is 8.40. The summed E-state index contributed by atoms with van der Waals surface area (Å²) in [6, 6.07) is 1.73. The number of hydrogen-bond acceptors (Lipinski definition) is 11. The van der Waals surface area contributed by atoms with Crippen LogP contribution >= 0.6 is 11.8 Å². The lowest BCUT2D eigenvalue weighted by atomic mass is 9.73. The van der Waals surface area contributed by atoms with E-state index >= 15 is 0 Å². The van der Waals surface area contributed by atoms with Crippen LogP contribution in [-0.4, -0.2) is 72.1 Å². The molecule has 3 fully saturated rings. The number of cyclic esters (lactones) is 1. The minimum atomic E-state index is -0.407. The highest BCUT2D eigenvalue weighted by molar-refractivity contribution is 7.99. The second kappa shape index (κ2) is 8.14. The predicted octanol–water partition coefficient (Wildman–Crippen LogP) is 1.66. The summed E-state index contributed by atoms with van der Waals surface area (Å²) in [6.07, 6.45) is 5.00. The van der Waals surface area contributed by atoms with Crippen LogP contribution in [0.1, 0.15) is 19.8 Å². The topological polar surface area (TPSA) is 142 Å². The molecular formula is C22H27N7O4S. The van der Waals surface area contributed by atoms with Crippen LogP contribution in [0, 0.1) is 5.41 Å². The van der Waals surface area contributed by atoms with Crippen molar-refractivity contribution in [2.75, 3.05) is 48.4 Å². The van der Waals surface area contributed by atoms with Crippen LogP contribution in [-0.2, 0) is 9.47 Å². The van der Waals surface area contributed by atoms with Crippen molar-refractivity contribution in [2.45, 2.75) is 47.9 Å². The van der Waals surface area contributed by atoms with Crippen LogP contribution in [0.2, 0.25) is 0 Å². The molecule has 4 aliphatic heterocycles. The number of ether oxygens (including phenoxy) is 3. The monoisotopic (exact) mass is 485 g/mol. The first kappa shape index (κ1) is 21.7. The Labute approximate surface area is 201 Å². The number of nitrogen functional groups attached to an aromatic ring is 1. The molecule has 1 amide bonds. The van der Waals surface area contributed by atoms with E-state index < -0.39 is 6.09 Å². The molecule has 1 unspecified atom stereocenters. The molecule has 3 saturated heterocycles. The van der Waals surface area contributed by atoms with Crippen LogP contribution in [0.5, 0.6) is 5.75 Å². The van der Waals surface area contributed by atoms with Gasteiger partial charge in [0.25, 0.3) is 0 Å². The van der Waals surface area contributed by atoms with Gasteiger partial charge in [0.2, 0.25) is 0 Å². The Bertz CT molecular complexity index is 1130. The van der Waals surface area contributed by atoms with Crippen molar-refractivity contribution in [3.8, 4) is 5.75 Å². The normalized spacial score (nSPS) is 27.4. The highest BCUT2D eigenvalue weighted by atomic mass is 32.2. The maximum atomic E-state index is 12.1. The number of nitrogens with two attached hydrogens (primary N) is 2. The molecule has 0 aliphatic carbocycles. The van der Waals surface area contributed by atoms with Crippen molar-refractivity contribution in [2.24, 2.45) is 11.1 Å². The maximum absolute atomic E-state index is 12.1. The first-order valence-electron chi connectivity index (χ1n) is 11.5. The molecule has 0 bridgehead atoms. The van der Waals surface area contributed by atoms with Gasteiger partial charge >= 0.3 is 6.09 Å². The SMILES string of the molecule is C[C@@H]1OCC2(CCN(c3cnc(Sc4ccnc5c4OCC4COC(=O)N54)c(N)n3)CC2)[C@@H]1N. The fraction of sp³-hybridized carbons (Fsp3) is 0.545. The van der Waals surface area contributed by atoms with Gasteiger partial charge in [-0.2, -0.15) is 0 Å². The molecule has 0 saturated carbocycles. The van der Waals surface area contributed by atoms with E-state index in [-0.39, 0.29) is 23.6 Å². The molecule has 6 rings (SSSR count). The van der Waals surface area contributed by atoms with Gasteiger partial charge in [-0.25, -0.2) is 24.6 Å². The number of rotatable bonds is 3. The van der Waals surface area contributed by atoms with Crippen LogP contribution in [0.15, 0.2) is 28.4 Å². The van der Waals surface area contributed by atoms with Crippen molar-refractivity contribution in [1.29, 1.82) is 0 Å². The van der Waals surface area contributed by atoms with Gasteiger partial charge in [0.15, 0.2) is 17.4 Å². The second-order valence-corrected chi connectivity index (χ2v) is 10.3. The number of aromatic nitrogens is 3. The molecule has 4 aliphatic rings. The lowest BCUT2D eigenvalue weighted by Crippen LogP contribution is -2.50. The first-order chi connectivity index (χ1) is 16.4. The Balaban J connectivity index is 1.18. The summed E-state index contributed by atoms with van der Waals surface area (Å²) >= 11 is 1.34. The van der Waals surface area contributed by atoms with E-state index in [1.54, 1.807) is 17.3 Å². The first-order valence-corrected chi connectivity index (χ1v) is 12.3. The van der Waals surface area contributed by atoms with E-state index in [1.165, 1.54) is 11.8 Å². The van der Waals surface area contributed by atoms with Gasteiger partial charge in [-0.05, 0) is 25.8 Å². The smallest absolute Gasteiger partial charge is 0.416 e. The fourth-order valence-corrected chi connectivity index (χ4v) is 6.04. The quantitative estimate of drug-likeness (QED) is 0.655. The lowest BCUT2D eigenvalue weighted by molar-refractivity contribution is 0.0974. The molecule has 3 atom stereocenters. The van der Waals surface area contributed by atoms with Crippen LogP contribution in [0.3, 0.4) is 0 Å². The van der Waals surface area contributed by atoms with Gasteiger partial charge in [-0.3, -0.25) is 0 Å². The Morgan fingerprint density at radius 2 is 2.00 bits per heavy atom. The summed E-state index contributed by atoms with van der Waals surface area (Å²) in [5.74, 6) is 2.08. The Hall–Kier alpha value is -2.83. The third kappa shape index (κ3) is 3.43. The van der Waals surface area contributed by atoms with Gasteiger partial charge in [0, 0.05) is 30.7 Å². The summed E-state index contributed by atoms with van der Waals surface area (Å²) < 4.78 is 16.9. The second-order valence-electron chi connectivity index (χ2n) is 9.29. The number of hydrogen-bond donors (Lipinski definition) is 2. The fourth-order valence-electron chi connectivity index (χ4n) is 5.20. The lowest BCUT2D eigenvalue weighted by Gasteiger charge is -2.41. The van der Waals surface area contributed by atoms with Gasteiger partial charge in [0.1, 0.15) is 30.1 Å². The Kier molecular flexibility index (Phi) is 5.19. The van der Waals surface area contributed by atoms with E-state index in [4.69, 9.17) is 25.7 Å². The maximum Gasteiger partial charge on any atom is 0.416 e. The molecule has 11 nitrogen and oxygen atoms in total. The number of pyridine rings is 1. The number of amides is 1. The number of fused-ring (bicyclic) bond motifs is 3. The third-order valence-electron chi connectivity index (χ3n) is 7.35. The van der Waals surface area contributed by atoms with Crippen LogP contribution in [0.25, 0.3) is 0 Å². The highest BCUT2D eigenvalue weighted by Gasteiger charge is 2.47. The number of carbonyl (C=O) groups is 1. The van der Waals surface area contributed by atoms with Crippen molar-refractivity contribution in [3.63, 3.8) is 0 Å². The zero-order valence-electron chi connectivity index (χ0n) is 18.8. The molecule has 0 aromatic carbocycles. The Morgan fingerprint density at radius 1 is 1.21 bits per heavy atom. The van der Waals surface area contributed by atoms with E-state index in [1.807, 2.05) is 6.07 Å². The standard InChI is InChI=1S/C22H27N7O4S/c1-12-17(23)22(11-33-12)3-6-28(7-4-22)15-8-26-20(18(24)27-15)34-14-2-5-25-19-16(14)31-9-13-10-32-21(30)29(13)19/h2,5,8,12-13,17H,3-4,6-7,9-11,23H2,1H3,(H2,24,27)/t12-,13?,17+/m0/s1. The average molecular weight is 486 g/mol. The molecular weight excluding hydrogens is 458 g/mol. The van der Waals surface area contributed by atoms with Crippen molar-refractivity contribution in [1.82, 2.24) is 15.0 Å². The highest BCUT2D eigenvalue weighted by Crippen LogP contribution is 2.45. The zero-order chi connectivity index (χ0) is 23.4. The van der Waals surface area contributed by atoms with E-state index in [0.717, 1.165) is 43.3 Å². The van der Waals surface area contributed by atoms with E-state index in [2.05, 4.69) is 26.8 Å². The van der Waals surface area contributed by atoms with E-state index in [9.17, 15) is 4.79 Å². The predicted molar refractivity (Wildman–Crippen MR) is 125 cm³/mol. The van der Waals surface area contributed by atoms with E-state index in [0.29, 0.717) is 35.6 Å². The molecule has 4 N–H and O–H groups in total. The van der Waals surface area contributed by atoms with Crippen LogP contribution in [0.4, 0.5) is 22.2 Å². The van der Waals surface area contributed by atoms with Gasteiger partial charge in [0.05, 0.1) is 23.8 Å². The zero-order valence-corrected chi connectivity index (χ0v) is 19.7. The number of piperidine rings is 1. The van der Waals surface area contributed by atoms with Gasteiger partial charge < -0.3 is 30.6 Å². The number of nitrogens with zero attached hydrogens (tertiary/aromatic N) is 5. The molecule has 180 valence electrons. The summed E-state index contributed by atoms with van der Waals surface area (Å²) in [5, 5.41) is 0.570. The molecule has 2 aromatic heterocycles. The summed E-state index contributed by atoms with van der Waals surface area (Å²) in [7, 11) is 0. The molecule has 2 aromatic rings.